The van der Waals surface area contributed by atoms with Crippen molar-refractivity contribution in [1.82, 2.24) is 14.9 Å². The van der Waals surface area contributed by atoms with Gasteiger partial charge in [0.25, 0.3) is 5.91 Å². The topological polar surface area (TPSA) is 78.8 Å². The fraction of sp³-hybridized carbons (Fsp3) is 0.312. The Morgan fingerprint density at radius 3 is 2.48 bits per heavy atom. The van der Waals surface area contributed by atoms with Crippen LogP contribution in [0.5, 0.6) is 11.5 Å². The minimum Gasteiger partial charge on any atom is -0.507 e. The van der Waals surface area contributed by atoms with Crippen molar-refractivity contribution < 1.29 is 14.6 Å². The summed E-state index contributed by atoms with van der Waals surface area (Å²) in [5.74, 6) is 0.750. The second-order valence-corrected chi connectivity index (χ2v) is 5.18. The molecule has 0 unspecified atom stereocenters. The van der Waals surface area contributed by atoms with Crippen molar-refractivity contribution >= 4 is 11.9 Å². The lowest BCUT2D eigenvalue weighted by molar-refractivity contribution is 0.0739. The van der Waals surface area contributed by atoms with E-state index < -0.39 is 0 Å². The molecule has 1 fully saturated rings. The van der Waals surface area contributed by atoms with Crippen molar-refractivity contribution in [2.75, 3.05) is 38.2 Å². The zero-order valence-electron chi connectivity index (χ0n) is 12.8. The first-order valence-electron chi connectivity index (χ1n) is 7.38. The van der Waals surface area contributed by atoms with Crippen LogP contribution in [-0.4, -0.2) is 59.2 Å². The van der Waals surface area contributed by atoms with E-state index in [-0.39, 0.29) is 17.2 Å². The number of aromatic nitrogens is 2. The Morgan fingerprint density at radius 1 is 1.13 bits per heavy atom. The van der Waals surface area contributed by atoms with E-state index >= 15 is 0 Å². The molecular formula is C16H18N4O3. The zero-order valence-corrected chi connectivity index (χ0v) is 12.8. The standard InChI is InChI=1S/C16H18N4O3/c1-23-13-5-2-4-12(21)14(13)15(22)19-8-10-20(11-9-19)16-17-6-3-7-18-16/h2-7,21H,8-11H2,1H3. The Morgan fingerprint density at radius 2 is 1.83 bits per heavy atom. The Labute approximate surface area is 134 Å². The molecule has 0 saturated carbocycles. The number of ether oxygens (including phenoxy) is 1. The lowest BCUT2D eigenvalue weighted by atomic mass is 10.1. The number of carbonyl (C=O) groups is 1. The fourth-order valence-electron chi connectivity index (χ4n) is 2.63. The SMILES string of the molecule is COc1cccc(O)c1C(=O)N1CCN(c2ncccn2)CC1. The molecule has 0 spiro atoms. The van der Waals surface area contributed by atoms with Crippen molar-refractivity contribution in [2.24, 2.45) is 0 Å². The van der Waals surface area contributed by atoms with Gasteiger partial charge in [0.15, 0.2) is 0 Å². The molecule has 0 atom stereocenters. The molecule has 1 saturated heterocycles. The molecular weight excluding hydrogens is 296 g/mol. The summed E-state index contributed by atoms with van der Waals surface area (Å²) >= 11 is 0. The Hall–Kier alpha value is -2.83. The van der Waals surface area contributed by atoms with Crippen LogP contribution in [0.4, 0.5) is 5.95 Å². The third-order valence-corrected chi connectivity index (χ3v) is 3.84. The molecule has 1 amide bonds. The van der Waals surface area contributed by atoms with E-state index in [9.17, 15) is 9.90 Å². The van der Waals surface area contributed by atoms with Crippen LogP contribution in [0.2, 0.25) is 0 Å². The third-order valence-electron chi connectivity index (χ3n) is 3.84. The number of methoxy groups -OCH3 is 1. The summed E-state index contributed by atoms with van der Waals surface area (Å²) in [6.07, 6.45) is 3.40. The maximum atomic E-state index is 12.7. The van der Waals surface area contributed by atoms with Crippen LogP contribution in [-0.2, 0) is 0 Å². The minimum absolute atomic E-state index is 0.0665. The molecule has 3 rings (SSSR count). The highest BCUT2D eigenvalue weighted by Gasteiger charge is 2.27. The van der Waals surface area contributed by atoms with Crippen molar-refractivity contribution in [2.45, 2.75) is 0 Å². The summed E-state index contributed by atoms with van der Waals surface area (Å²) in [5.41, 5.74) is 0.208. The van der Waals surface area contributed by atoms with Crippen LogP contribution >= 0.6 is 0 Å². The molecule has 1 aliphatic heterocycles. The van der Waals surface area contributed by atoms with Gasteiger partial charge in [-0.2, -0.15) is 0 Å². The number of nitrogens with zero attached hydrogens (tertiary/aromatic N) is 4. The van der Waals surface area contributed by atoms with Gasteiger partial charge >= 0.3 is 0 Å². The van der Waals surface area contributed by atoms with Gasteiger partial charge in [-0.1, -0.05) is 6.07 Å². The van der Waals surface area contributed by atoms with Crippen LogP contribution in [0.3, 0.4) is 0 Å². The molecule has 23 heavy (non-hydrogen) atoms. The smallest absolute Gasteiger partial charge is 0.261 e. The summed E-state index contributed by atoms with van der Waals surface area (Å²) in [6.45, 7) is 2.36. The van der Waals surface area contributed by atoms with E-state index in [0.29, 0.717) is 37.9 Å². The third kappa shape index (κ3) is 3.03. The van der Waals surface area contributed by atoms with E-state index in [4.69, 9.17) is 4.74 Å². The second kappa shape index (κ2) is 6.51. The van der Waals surface area contributed by atoms with E-state index in [2.05, 4.69) is 9.97 Å². The van der Waals surface area contributed by atoms with E-state index in [1.807, 2.05) is 4.90 Å². The number of phenols is 1. The monoisotopic (exact) mass is 314 g/mol. The van der Waals surface area contributed by atoms with Gasteiger partial charge in [0.1, 0.15) is 17.1 Å². The molecule has 7 heteroatoms. The first-order valence-corrected chi connectivity index (χ1v) is 7.38. The maximum Gasteiger partial charge on any atom is 0.261 e. The molecule has 1 N–H and O–H groups in total. The van der Waals surface area contributed by atoms with Crippen LogP contribution < -0.4 is 9.64 Å². The fourth-order valence-corrected chi connectivity index (χ4v) is 2.63. The van der Waals surface area contributed by atoms with Crippen LogP contribution in [0, 0.1) is 0 Å². The van der Waals surface area contributed by atoms with Crippen molar-refractivity contribution in [1.29, 1.82) is 0 Å². The molecule has 0 radical (unpaired) electrons. The van der Waals surface area contributed by atoms with Crippen molar-refractivity contribution in [3.05, 3.63) is 42.2 Å². The molecule has 7 nitrogen and oxygen atoms in total. The highest BCUT2D eigenvalue weighted by Crippen LogP contribution is 2.29. The summed E-state index contributed by atoms with van der Waals surface area (Å²) < 4.78 is 5.19. The van der Waals surface area contributed by atoms with Gasteiger partial charge in [0.2, 0.25) is 5.95 Å². The minimum atomic E-state index is -0.228. The predicted octanol–water partition coefficient (Wildman–Crippen LogP) is 1.15. The number of hydrogen-bond acceptors (Lipinski definition) is 6. The average molecular weight is 314 g/mol. The number of benzene rings is 1. The largest absolute Gasteiger partial charge is 0.507 e. The lowest BCUT2D eigenvalue weighted by Crippen LogP contribution is -2.49. The summed E-state index contributed by atoms with van der Waals surface area (Å²) in [7, 11) is 1.48. The van der Waals surface area contributed by atoms with Gasteiger partial charge in [-0.3, -0.25) is 4.79 Å². The highest BCUT2D eigenvalue weighted by molar-refractivity contribution is 5.99. The first kappa shape index (κ1) is 15.1. The molecule has 1 aliphatic rings. The van der Waals surface area contributed by atoms with Crippen molar-refractivity contribution in [3.8, 4) is 11.5 Å². The Kier molecular flexibility index (Phi) is 4.27. The summed E-state index contributed by atoms with van der Waals surface area (Å²) in [4.78, 5) is 24.9. The molecule has 0 bridgehead atoms. The molecule has 2 heterocycles. The number of anilines is 1. The number of aromatic hydroxyl groups is 1. The molecule has 1 aromatic carbocycles. The first-order chi connectivity index (χ1) is 11.2. The van der Waals surface area contributed by atoms with Crippen LogP contribution in [0.15, 0.2) is 36.7 Å². The average Bonchev–Trinajstić information content (AvgIpc) is 2.62. The normalized spacial score (nSPS) is 14.7. The number of hydrogen-bond donors (Lipinski definition) is 1. The molecule has 120 valence electrons. The summed E-state index contributed by atoms with van der Waals surface area (Å²) in [5, 5.41) is 10.00. The van der Waals surface area contributed by atoms with Gasteiger partial charge < -0.3 is 19.6 Å². The van der Waals surface area contributed by atoms with Gasteiger partial charge in [-0.25, -0.2) is 9.97 Å². The number of phenolic OH excluding ortho intramolecular Hbond substituents is 1. The predicted molar refractivity (Wildman–Crippen MR) is 84.8 cm³/mol. The van der Waals surface area contributed by atoms with Gasteiger partial charge in [0.05, 0.1) is 7.11 Å². The second-order valence-electron chi connectivity index (χ2n) is 5.18. The molecule has 0 aliphatic carbocycles. The van der Waals surface area contributed by atoms with E-state index in [1.165, 1.54) is 13.2 Å². The van der Waals surface area contributed by atoms with E-state index in [0.717, 1.165) is 0 Å². The Bertz CT molecular complexity index is 685. The quantitative estimate of drug-likeness (QED) is 0.916. The van der Waals surface area contributed by atoms with Crippen LogP contribution in [0.1, 0.15) is 10.4 Å². The Balaban J connectivity index is 1.72. The maximum absolute atomic E-state index is 12.7. The van der Waals surface area contributed by atoms with Gasteiger partial charge in [-0.15, -0.1) is 0 Å². The number of piperazine rings is 1. The van der Waals surface area contributed by atoms with E-state index in [1.54, 1.807) is 35.5 Å². The lowest BCUT2D eigenvalue weighted by Gasteiger charge is -2.34. The number of carbonyl (C=O) groups excluding carboxylic acids is 1. The number of amides is 1. The summed E-state index contributed by atoms with van der Waals surface area (Å²) in [6, 6.07) is 6.58. The molecule has 2 aromatic rings. The highest BCUT2D eigenvalue weighted by atomic mass is 16.5. The van der Waals surface area contributed by atoms with Gasteiger partial charge in [-0.05, 0) is 18.2 Å². The van der Waals surface area contributed by atoms with Crippen molar-refractivity contribution in [3.63, 3.8) is 0 Å². The molecule has 1 aromatic heterocycles. The zero-order chi connectivity index (χ0) is 16.2. The van der Waals surface area contributed by atoms with Gasteiger partial charge in [0, 0.05) is 38.6 Å². The van der Waals surface area contributed by atoms with Crippen LogP contribution in [0.25, 0.3) is 0 Å². The number of rotatable bonds is 3.